The summed E-state index contributed by atoms with van der Waals surface area (Å²) in [5.74, 6) is 3.02. The lowest BCUT2D eigenvalue weighted by atomic mass is 9.68. The van der Waals surface area contributed by atoms with E-state index in [0.717, 1.165) is 44.0 Å². The van der Waals surface area contributed by atoms with Gasteiger partial charge >= 0.3 is 0 Å². The number of nitrogens with one attached hydrogen (secondary N) is 1. The number of hydrogen-bond acceptors (Lipinski definition) is 5. The molecule has 2 aliphatic rings. The lowest BCUT2D eigenvalue weighted by molar-refractivity contribution is -0.121. The highest BCUT2D eigenvalue weighted by Crippen LogP contribution is 2.40. The first-order valence-corrected chi connectivity index (χ1v) is 13.8. The first kappa shape index (κ1) is 25.9. The van der Waals surface area contributed by atoms with Gasteiger partial charge in [-0.05, 0) is 77.6 Å². The molecule has 0 unspecified atom stereocenters. The molecule has 190 valence electrons. The molecular weight excluding hydrogens is 456 g/mol. The first-order chi connectivity index (χ1) is 16.7. The predicted molar refractivity (Wildman–Crippen MR) is 144 cm³/mol. The molecule has 2 N–H and O–H groups in total. The molecule has 4 atom stereocenters. The number of benzene rings is 2. The molecular formula is C29H40N2O3S. The molecule has 0 saturated carbocycles. The summed E-state index contributed by atoms with van der Waals surface area (Å²) in [6, 6.07) is 14.0. The molecule has 0 radical (unpaired) electrons. The fourth-order valence-electron chi connectivity index (χ4n) is 5.43. The molecule has 2 aromatic rings. The molecule has 6 heteroatoms. The molecule has 1 amide bonds. The van der Waals surface area contributed by atoms with Gasteiger partial charge in [0.1, 0.15) is 11.5 Å². The maximum atomic E-state index is 13.3. The van der Waals surface area contributed by atoms with Gasteiger partial charge in [-0.25, -0.2) is 0 Å². The Balaban J connectivity index is 1.36. The van der Waals surface area contributed by atoms with Crippen LogP contribution in [-0.4, -0.2) is 53.9 Å². The normalized spacial score (nSPS) is 25.7. The Morgan fingerprint density at radius 2 is 2.06 bits per heavy atom. The number of rotatable bonds is 7. The maximum Gasteiger partial charge on any atom is 0.233 e. The van der Waals surface area contributed by atoms with Crippen molar-refractivity contribution in [3.05, 3.63) is 59.2 Å². The van der Waals surface area contributed by atoms with Crippen LogP contribution in [0.1, 0.15) is 50.8 Å². The summed E-state index contributed by atoms with van der Waals surface area (Å²) in [5, 5.41) is 13.3. The molecule has 1 fully saturated rings. The minimum Gasteiger partial charge on any atom is -0.508 e. The number of nitrogens with zero attached hydrogens (tertiary/aromatic N) is 1. The van der Waals surface area contributed by atoms with E-state index in [1.54, 1.807) is 24.9 Å². The molecule has 0 bridgehead atoms. The van der Waals surface area contributed by atoms with Crippen LogP contribution in [0.4, 0.5) is 0 Å². The number of ether oxygens (including phenoxy) is 1. The predicted octanol–water partition coefficient (Wildman–Crippen LogP) is 5.00. The zero-order chi connectivity index (χ0) is 25.2. The Bertz CT molecular complexity index is 1040. The summed E-state index contributed by atoms with van der Waals surface area (Å²) in [6.07, 6.45) is 1.80. The van der Waals surface area contributed by atoms with Gasteiger partial charge in [0, 0.05) is 24.9 Å². The third kappa shape index (κ3) is 5.80. The maximum absolute atomic E-state index is 13.3. The van der Waals surface area contributed by atoms with Crippen molar-refractivity contribution in [2.24, 2.45) is 11.8 Å². The van der Waals surface area contributed by atoms with Crippen LogP contribution < -0.4 is 10.1 Å². The van der Waals surface area contributed by atoms with Gasteiger partial charge in [0.05, 0.1) is 12.4 Å². The monoisotopic (exact) mass is 496 g/mol. The lowest BCUT2D eigenvalue weighted by Crippen LogP contribution is -2.54. The zero-order valence-corrected chi connectivity index (χ0v) is 22.5. The Labute approximate surface area is 214 Å². The Hall–Kier alpha value is -2.18. The SMILES string of the molecule is COc1ccc2c(c1)CS[C@@H](C(=O)N[C@H](CN1CC[C@@](C)(c3cccc(O)c3)[C@@H](C)C1)C(C)C)C2. The Morgan fingerprint density at radius 3 is 2.74 bits per heavy atom. The molecule has 0 aliphatic carbocycles. The van der Waals surface area contributed by atoms with Gasteiger partial charge in [-0.3, -0.25) is 4.79 Å². The van der Waals surface area contributed by atoms with Crippen molar-refractivity contribution in [3.63, 3.8) is 0 Å². The fraction of sp³-hybridized carbons (Fsp3) is 0.552. The van der Waals surface area contributed by atoms with E-state index in [0.29, 0.717) is 17.6 Å². The first-order valence-electron chi connectivity index (χ1n) is 12.8. The van der Waals surface area contributed by atoms with Gasteiger partial charge in [0.15, 0.2) is 0 Å². The largest absolute Gasteiger partial charge is 0.508 e. The number of thioether (sulfide) groups is 1. The van der Waals surface area contributed by atoms with Crippen LogP contribution in [-0.2, 0) is 22.4 Å². The highest BCUT2D eigenvalue weighted by molar-refractivity contribution is 7.99. The Kier molecular flexibility index (Phi) is 8.02. The molecule has 2 aliphatic heterocycles. The quantitative estimate of drug-likeness (QED) is 0.565. The van der Waals surface area contributed by atoms with Gasteiger partial charge in [-0.15, -0.1) is 11.8 Å². The molecule has 2 aromatic carbocycles. The molecule has 0 aromatic heterocycles. The van der Waals surface area contributed by atoms with Crippen molar-refractivity contribution in [2.45, 2.75) is 63.0 Å². The molecule has 4 rings (SSSR count). The van der Waals surface area contributed by atoms with E-state index >= 15 is 0 Å². The summed E-state index contributed by atoms with van der Waals surface area (Å²) in [4.78, 5) is 15.8. The van der Waals surface area contributed by atoms with Crippen molar-refractivity contribution < 1.29 is 14.6 Å². The number of amides is 1. The smallest absolute Gasteiger partial charge is 0.233 e. The average molecular weight is 497 g/mol. The second-order valence-corrected chi connectivity index (χ2v) is 12.1. The van der Waals surface area contributed by atoms with Crippen LogP contribution in [0.5, 0.6) is 11.5 Å². The van der Waals surface area contributed by atoms with Gasteiger partial charge < -0.3 is 20.1 Å². The van der Waals surface area contributed by atoms with Gasteiger partial charge in [0.2, 0.25) is 5.91 Å². The van der Waals surface area contributed by atoms with Crippen molar-refractivity contribution in [3.8, 4) is 11.5 Å². The molecule has 1 saturated heterocycles. The van der Waals surface area contributed by atoms with E-state index in [9.17, 15) is 9.90 Å². The van der Waals surface area contributed by atoms with Crippen molar-refractivity contribution in [1.82, 2.24) is 10.2 Å². The number of carbonyl (C=O) groups excluding carboxylic acids is 1. The van der Waals surface area contributed by atoms with Crippen LogP contribution >= 0.6 is 11.8 Å². The van der Waals surface area contributed by atoms with E-state index in [1.165, 1.54) is 16.7 Å². The number of likely N-dealkylation sites (tertiary alicyclic amines) is 1. The zero-order valence-electron chi connectivity index (χ0n) is 21.7. The average Bonchev–Trinajstić information content (AvgIpc) is 2.85. The number of phenolic OH excluding ortho intramolecular Hbond substituents is 1. The number of phenols is 1. The van der Waals surface area contributed by atoms with E-state index < -0.39 is 0 Å². The second kappa shape index (κ2) is 10.8. The third-order valence-electron chi connectivity index (χ3n) is 8.21. The van der Waals surface area contributed by atoms with Crippen molar-refractivity contribution in [2.75, 3.05) is 26.7 Å². The third-order valence-corrected chi connectivity index (χ3v) is 9.47. The van der Waals surface area contributed by atoms with Gasteiger partial charge in [-0.1, -0.05) is 45.9 Å². The van der Waals surface area contributed by atoms with Crippen LogP contribution in [0, 0.1) is 11.8 Å². The molecule has 5 nitrogen and oxygen atoms in total. The van der Waals surface area contributed by atoms with Crippen LogP contribution in [0.15, 0.2) is 42.5 Å². The fourth-order valence-corrected chi connectivity index (χ4v) is 6.60. The number of aromatic hydroxyl groups is 1. The van der Waals surface area contributed by atoms with E-state index in [-0.39, 0.29) is 22.6 Å². The van der Waals surface area contributed by atoms with Gasteiger partial charge in [-0.2, -0.15) is 0 Å². The molecule has 35 heavy (non-hydrogen) atoms. The number of fused-ring (bicyclic) bond motifs is 1. The second-order valence-electron chi connectivity index (χ2n) is 10.9. The van der Waals surface area contributed by atoms with Crippen molar-refractivity contribution >= 4 is 17.7 Å². The Morgan fingerprint density at radius 1 is 1.26 bits per heavy atom. The summed E-state index contributed by atoms with van der Waals surface area (Å²) >= 11 is 1.73. The number of piperidine rings is 1. The molecule has 0 spiro atoms. The van der Waals surface area contributed by atoms with Gasteiger partial charge in [0.25, 0.3) is 0 Å². The molecule has 2 heterocycles. The summed E-state index contributed by atoms with van der Waals surface area (Å²) in [7, 11) is 1.69. The van der Waals surface area contributed by atoms with Crippen molar-refractivity contribution in [1.29, 1.82) is 0 Å². The minimum atomic E-state index is -0.0496. The summed E-state index contributed by atoms with van der Waals surface area (Å²) in [5.41, 5.74) is 3.78. The van der Waals surface area contributed by atoms with Crippen LogP contribution in [0.2, 0.25) is 0 Å². The van der Waals surface area contributed by atoms with Crippen LogP contribution in [0.3, 0.4) is 0 Å². The van der Waals surface area contributed by atoms with E-state index in [1.807, 2.05) is 18.2 Å². The number of hydrogen-bond donors (Lipinski definition) is 2. The highest BCUT2D eigenvalue weighted by Gasteiger charge is 2.39. The highest BCUT2D eigenvalue weighted by atomic mass is 32.2. The number of carbonyl (C=O) groups is 1. The lowest BCUT2D eigenvalue weighted by Gasteiger charge is -2.46. The number of methoxy groups -OCH3 is 1. The summed E-state index contributed by atoms with van der Waals surface area (Å²) < 4.78 is 5.35. The topological polar surface area (TPSA) is 61.8 Å². The summed E-state index contributed by atoms with van der Waals surface area (Å²) in [6.45, 7) is 11.9. The standard InChI is InChI=1S/C29H40N2O3S/c1-19(2)26(30-28(33)27-14-21-9-10-25(34-5)13-22(21)18-35-27)17-31-12-11-29(4,20(3)16-31)23-7-6-8-24(32)15-23/h6-10,13,15,19-20,26-27,32H,11-12,14,16-18H2,1-5H3,(H,30,33)/t20-,26+,27+,29+/m0/s1. The van der Waals surface area contributed by atoms with Crippen LogP contribution in [0.25, 0.3) is 0 Å². The minimum absolute atomic E-state index is 0.0423. The van der Waals surface area contributed by atoms with E-state index in [4.69, 9.17) is 4.74 Å². The van der Waals surface area contributed by atoms with E-state index in [2.05, 4.69) is 56.1 Å².